The van der Waals surface area contributed by atoms with Gasteiger partial charge < -0.3 is 15.3 Å². The molecule has 3 unspecified atom stereocenters. The zero-order chi connectivity index (χ0) is 13.2. The lowest BCUT2D eigenvalue weighted by atomic mass is 10.0. The Bertz CT molecular complexity index is 294. The van der Waals surface area contributed by atoms with Crippen molar-refractivity contribution in [3.63, 3.8) is 0 Å². The van der Waals surface area contributed by atoms with Crippen molar-refractivity contribution < 1.29 is 14.7 Å². The molecule has 98 valence electrons. The molecule has 0 bridgehead atoms. The summed E-state index contributed by atoms with van der Waals surface area (Å²) in [5, 5.41) is 11.6. The first-order valence-electron chi connectivity index (χ1n) is 6.11. The van der Waals surface area contributed by atoms with Gasteiger partial charge in [-0.2, -0.15) is 0 Å². The second kappa shape index (κ2) is 5.38. The van der Waals surface area contributed by atoms with Crippen molar-refractivity contribution in [2.75, 3.05) is 13.1 Å². The van der Waals surface area contributed by atoms with Gasteiger partial charge >= 0.3 is 12.0 Å². The summed E-state index contributed by atoms with van der Waals surface area (Å²) in [6.45, 7) is 9.20. The monoisotopic (exact) mass is 242 g/mol. The molecule has 0 aromatic carbocycles. The van der Waals surface area contributed by atoms with E-state index in [9.17, 15) is 9.59 Å². The molecule has 0 radical (unpaired) electrons. The minimum Gasteiger partial charge on any atom is -0.480 e. The molecule has 1 aliphatic heterocycles. The van der Waals surface area contributed by atoms with Crippen LogP contribution in [0.4, 0.5) is 4.79 Å². The van der Waals surface area contributed by atoms with E-state index in [1.165, 1.54) is 0 Å². The summed E-state index contributed by atoms with van der Waals surface area (Å²) in [6, 6.07) is -1.07. The molecule has 5 nitrogen and oxygen atoms in total. The van der Waals surface area contributed by atoms with Crippen LogP contribution in [0.3, 0.4) is 0 Å². The third kappa shape index (κ3) is 3.35. The predicted molar refractivity (Wildman–Crippen MR) is 64.7 cm³/mol. The Morgan fingerprint density at radius 2 is 1.71 bits per heavy atom. The van der Waals surface area contributed by atoms with Crippen molar-refractivity contribution in [1.82, 2.24) is 10.2 Å². The maximum absolute atomic E-state index is 11.9. The van der Waals surface area contributed by atoms with Crippen molar-refractivity contribution in [3.8, 4) is 0 Å². The molecule has 17 heavy (non-hydrogen) atoms. The first-order chi connectivity index (χ1) is 7.82. The van der Waals surface area contributed by atoms with Crippen LogP contribution in [-0.4, -0.2) is 41.1 Å². The Morgan fingerprint density at radius 1 is 1.24 bits per heavy atom. The number of hydrogen-bond acceptors (Lipinski definition) is 2. The third-order valence-electron chi connectivity index (χ3n) is 3.49. The molecule has 2 amide bonds. The standard InChI is InChI=1S/C12H22N2O3/c1-7(2)10(11(15)16)13-12(17)14-5-8(3)9(4)6-14/h7-10H,5-6H2,1-4H3,(H,13,17)(H,15,16). The van der Waals surface area contributed by atoms with Crippen LogP contribution in [0.1, 0.15) is 27.7 Å². The van der Waals surface area contributed by atoms with Gasteiger partial charge in [-0.3, -0.25) is 0 Å². The summed E-state index contributed by atoms with van der Waals surface area (Å²) in [5.74, 6) is -0.145. The molecule has 1 saturated heterocycles. The van der Waals surface area contributed by atoms with Gasteiger partial charge in [-0.25, -0.2) is 9.59 Å². The summed E-state index contributed by atoms with van der Waals surface area (Å²) in [5.41, 5.74) is 0. The molecular formula is C12H22N2O3. The summed E-state index contributed by atoms with van der Waals surface area (Å²) in [7, 11) is 0. The molecule has 1 fully saturated rings. The smallest absolute Gasteiger partial charge is 0.326 e. The molecule has 0 saturated carbocycles. The first-order valence-corrected chi connectivity index (χ1v) is 6.11. The lowest BCUT2D eigenvalue weighted by Gasteiger charge is -2.23. The highest BCUT2D eigenvalue weighted by atomic mass is 16.4. The van der Waals surface area contributed by atoms with E-state index in [0.717, 1.165) is 0 Å². The Balaban J connectivity index is 2.57. The van der Waals surface area contributed by atoms with Gasteiger partial charge in [0.05, 0.1) is 0 Å². The molecule has 1 aliphatic rings. The Morgan fingerprint density at radius 3 is 2.06 bits per heavy atom. The summed E-state index contributed by atoms with van der Waals surface area (Å²) in [4.78, 5) is 24.6. The van der Waals surface area contributed by atoms with Gasteiger partial charge in [-0.05, 0) is 17.8 Å². The van der Waals surface area contributed by atoms with Crippen LogP contribution in [-0.2, 0) is 4.79 Å². The molecule has 0 spiro atoms. The van der Waals surface area contributed by atoms with E-state index in [1.807, 2.05) is 0 Å². The van der Waals surface area contributed by atoms with E-state index in [0.29, 0.717) is 24.9 Å². The number of likely N-dealkylation sites (tertiary alicyclic amines) is 1. The number of nitrogens with one attached hydrogen (secondary N) is 1. The normalized spacial score (nSPS) is 26.1. The molecule has 3 atom stereocenters. The lowest BCUT2D eigenvalue weighted by Crippen LogP contribution is -2.49. The fraction of sp³-hybridized carbons (Fsp3) is 0.833. The van der Waals surface area contributed by atoms with Gasteiger partial charge in [0.25, 0.3) is 0 Å². The maximum atomic E-state index is 11.9. The van der Waals surface area contributed by atoms with Crippen LogP contribution in [0.2, 0.25) is 0 Å². The maximum Gasteiger partial charge on any atom is 0.326 e. The van der Waals surface area contributed by atoms with E-state index in [-0.39, 0.29) is 11.9 Å². The number of carbonyl (C=O) groups is 2. The van der Waals surface area contributed by atoms with E-state index < -0.39 is 12.0 Å². The van der Waals surface area contributed by atoms with Crippen molar-refractivity contribution in [1.29, 1.82) is 0 Å². The predicted octanol–water partition coefficient (Wildman–Crippen LogP) is 1.39. The minimum absolute atomic E-state index is 0.117. The van der Waals surface area contributed by atoms with Gasteiger partial charge in [-0.15, -0.1) is 0 Å². The van der Waals surface area contributed by atoms with Gasteiger partial charge in [-0.1, -0.05) is 27.7 Å². The van der Waals surface area contributed by atoms with E-state index >= 15 is 0 Å². The molecule has 2 N–H and O–H groups in total. The number of urea groups is 1. The number of rotatable bonds is 3. The van der Waals surface area contributed by atoms with Gasteiger partial charge in [0.15, 0.2) is 0 Å². The molecule has 0 aromatic rings. The highest BCUT2D eigenvalue weighted by molar-refractivity contribution is 5.82. The van der Waals surface area contributed by atoms with Crippen LogP contribution < -0.4 is 5.32 Å². The van der Waals surface area contributed by atoms with Crippen molar-refractivity contribution >= 4 is 12.0 Å². The highest BCUT2D eigenvalue weighted by Gasteiger charge is 2.32. The average Bonchev–Trinajstić information content (AvgIpc) is 2.54. The second-order valence-electron chi connectivity index (χ2n) is 5.37. The highest BCUT2D eigenvalue weighted by Crippen LogP contribution is 2.22. The van der Waals surface area contributed by atoms with Gasteiger partial charge in [0, 0.05) is 13.1 Å². The summed E-state index contributed by atoms with van der Waals surface area (Å²) in [6.07, 6.45) is 0. The molecule has 0 aromatic heterocycles. The third-order valence-corrected chi connectivity index (χ3v) is 3.49. The van der Waals surface area contributed by atoms with Crippen LogP contribution in [0.25, 0.3) is 0 Å². The quantitative estimate of drug-likeness (QED) is 0.785. The Labute approximate surface area is 102 Å². The lowest BCUT2D eigenvalue weighted by molar-refractivity contribution is -0.140. The fourth-order valence-corrected chi connectivity index (χ4v) is 2.03. The molecule has 1 rings (SSSR count). The molecular weight excluding hydrogens is 220 g/mol. The molecule has 0 aliphatic carbocycles. The van der Waals surface area contributed by atoms with E-state index in [1.54, 1.807) is 18.7 Å². The van der Waals surface area contributed by atoms with Crippen LogP contribution >= 0.6 is 0 Å². The topological polar surface area (TPSA) is 69.6 Å². The summed E-state index contributed by atoms with van der Waals surface area (Å²) < 4.78 is 0. The van der Waals surface area contributed by atoms with E-state index in [4.69, 9.17) is 5.11 Å². The number of carboxylic acid groups (broad SMARTS) is 1. The van der Waals surface area contributed by atoms with Gasteiger partial charge in [0.1, 0.15) is 6.04 Å². The zero-order valence-electron chi connectivity index (χ0n) is 10.9. The zero-order valence-corrected chi connectivity index (χ0v) is 10.9. The van der Waals surface area contributed by atoms with Gasteiger partial charge in [0.2, 0.25) is 0 Å². The Kier molecular flexibility index (Phi) is 4.37. The second-order valence-corrected chi connectivity index (χ2v) is 5.37. The largest absolute Gasteiger partial charge is 0.480 e. The first kappa shape index (κ1) is 13.8. The molecule has 1 heterocycles. The number of amides is 2. The summed E-state index contributed by atoms with van der Waals surface area (Å²) >= 11 is 0. The van der Waals surface area contributed by atoms with Crippen molar-refractivity contribution in [2.45, 2.75) is 33.7 Å². The average molecular weight is 242 g/mol. The number of carbonyl (C=O) groups excluding carboxylic acids is 1. The SMILES string of the molecule is CC(C)C(NC(=O)N1CC(C)C(C)C1)C(=O)O. The number of aliphatic carboxylic acids is 1. The van der Waals surface area contributed by atoms with Crippen LogP contribution in [0.15, 0.2) is 0 Å². The van der Waals surface area contributed by atoms with Crippen LogP contribution in [0.5, 0.6) is 0 Å². The van der Waals surface area contributed by atoms with Crippen molar-refractivity contribution in [3.05, 3.63) is 0 Å². The number of hydrogen-bond donors (Lipinski definition) is 2. The fourth-order valence-electron chi connectivity index (χ4n) is 2.03. The van der Waals surface area contributed by atoms with E-state index in [2.05, 4.69) is 19.2 Å². The number of nitrogens with zero attached hydrogens (tertiary/aromatic N) is 1. The molecule has 5 heteroatoms. The minimum atomic E-state index is -0.978. The number of carboxylic acids is 1. The van der Waals surface area contributed by atoms with Crippen LogP contribution in [0, 0.1) is 17.8 Å². The Hall–Kier alpha value is -1.26. The van der Waals surface area contributed by atoms with Crippen molar-refractivity contribution in [2.24, 2.45) is 17.8 Å².